The third-order valence-electron chi connectivity index (χ3n) is 1.97. The predicted octanol–water partition coefficient (Wildman–Crippen LogP) is 3.45. The second-order valence-corrected chi connectivity index (χ2v) is 4.25. The highest BCUT2D eigenvalue weighted by Crippen LogP contribution is 2.28. The monoisotopic (exact) mass is 299 g/mol. The quantitative estimate of drug-likeness (QED) is 0.919. The number of hydrogen-bond donors (Lipinski definition) is 1. The Kier molecular flexibility index (Phi) is 3.82. The first-order chi connectivity index (χ1) is 8.60. The Morgan fingerprint density at radius 1 is 1.17 bits per heavy atom. The van der Waals surface area contributed by atoms with Crippen LogP contribution >= 0.6 is 34.8 Å². The van der Waals surface area contributed by atoms with Crippen LogP contribution in [0.1, 0.15) is 5.56 Å². The van der Waals surface area contributed by atoms with E-state index >= 15 is 0 Å². The number of halogens is 3. The molecule has 0 bridgehead atoms. The van der Waals surface area contributed by atoms with Crippen LogP contribution < -0.4 is 5.32 Å². The predicted molar refractivity (Wildman–Crippen MR) is 69.3 cm³/mol. The summed E-state index contributed by atoms with van der Waals surface area (Å²) in [6, 6.07) is 6.75. The van der Waals surface area contributed by atoms with Crippen molar-refractivity contribution >= 4 is 46.3 Å². The molecule has 0 saturated heterocycles. The number of nitriles is 1. The van der Waals surface area contributed by atoms with Crippen molar-refractivity contribution in [2.45, 2.75) is 0 Å². The van der Waals surface area contributed by atoms with Gasteiger partial charge in [-0.15, -0.1) is 10.2 Å². The fourth-order valence-corrected chi connectivity index (χ4v) is 1.66. The molecule has 1 N–H and O–H groups in total. The SMILES string of the molecule is N#Cc1ccc(Nc2nc(Cl)nnc2Cl)c(Cl)c1. The van der Waals surface area contributed by atoms with Crippen LogP contribution in [0.25, 0.3) is 0 Å². The largest absolute Gasteiger partial charge is 0.336 e. The van der Waals surface area contributed by atoms with E-state index in [4.69, 9.17) is 40.1 Å². The molecule has 1 aromatic carbocycles. The summed E-state index contributed by atoms with van der Waals surface area (Å²) in [5, 5.41) is 19.1. The van der Waals surface area contributed by atoms with Crippen LogP contribution in [0, 0.1) is 11.3 Å². The number of nitrogens with one attached hydrogen (secondary N) is 1. The summed E-state index contributed by atoms with van der Waals surface area (Å²) in [6.07, 6.45) is 0. The molecule has 2 aromatic rings. The lowest BCUT2D eigenvalue weighted by Gasteiger charge is -2.08. The highest BCUT2D eigenvalue weighted by Gasteiger charge is 2.09. The zero-order chi connectivity index (χ0) is 13.1. The number of anilines is 2. The van der Waals surface area contributed by atoms with E-state index in [1.54, 1.807) is 12.1 Å². The van der Waals surface area contributed by atoms with E-state index < -0.39 is 0 Å². The summed E-state index contributed by atoms with van der Waals surface area (Å²) in [4.78, 5) is 3.88. The summed E-state index contributed by atoms with van der Waals surface area (Å²) >= 11 is 17.4. The van der Waals surface area contributed by atoms with Gasteiger partial charge in [0.2, 0.25) is 5.28 Å². The van der Waals surface area contributed by atoms with Gasteiger partial charge in [0.15, 0.2) is 11.0 Å². The normalized spacial score (nSPS) is 9.89. The molecule has 90 valence electrons. The van der Waals surface area contributed by atoms with Crippen LogP contribution in [0.4, 0.5) is 11.5 Å². The molecule has 1 heterocycles. The molecule has 0 fully saturated rings. The van der Waals surface area contributed by atoms with Crippen molar-refractivity contribution in [3.63, 3.8) is 0 Å². The van der Waals surface area contributed by atoms with Crippen LogP contribution in [0.3, 0.4) is 0 Å². The smallest absolute Gasteiger partial charge is 0.245 e. The van der Waals surface area contributed by atoms with E-state index in [0.717, 1.165) is 0 Å². The van der Waals surface area contributed by atoms with Crippen molar-refractivity contribution < 1.29 is 0 Å². The van der Waals surface area contributed by atoms with Gasteiger partial charge in [-0.2, -0.15) is 10.2 Å². The van der Waals surface area contributed by atoms with Crippen molar-refractivity contribution in [1.82, 2.24) is 15.2 Å². The Morgan fingerprint density at radius 3 is 2.61 bits per heavy atom. The second kappa shape index (κ2) is 5.36. The van der Waals surface area contributed by atoms with Gasteiger partial charge in [0.1, 0.15) is 0 Å². The zero-order valence-electron chi connectivity index (χ0n) is 8.65. The van der Waals surface area contributed by atoms with Crippen LogP contribution in [0.5, 0.6) is 0 Å². The maximum atomic E-state index is 8.72. The first-order valence-corrected chi connectivity index (χ1v) is 5.76. The molecule has 0 saturated carbocycles. The zero-order valence-corrected chi connectivity index (χ0v) is 10.9. The topological polar surface area (TPSA) is 74.5 Å². The summed E-state index contributed by atoms with van der Waals surface area (Å²) < 4.78 is 0. The summed E-state index contributed by atoms with van der Waals surface area (Å²) in [5.41, 5.74) is 0.990. The van der Waals surface area contributed by atoms with E-state index in [9.17, 15) is 0 Å². The Morgan fingerprint density at radius 2 is 1.94 bits per heavy atom. The molecule has 8 heteroatoms. The molecule has 1 aromatic heterocycles. The maximum absolute atomic E-state index is 8.72. The van der Waals surface area contributed by atoms with Gasteiger partial charge in [0.05, 0.1) is 22.3 Å². The molecule has 0 unspecified atom stereocenters. The van der Waals surface area contributed by atoms with Crippen LogP contribution in [0.15, 0.2) is 18.2 Å². The van der Waals surface area contributed by atoms with E-state index in [0.29, 0.717) is 16.3 Å². The summed E-state index contributed by atoms with van der Waals surface area (Å²) in [6.45, 7) is 0. The highest BCUT2D eigenvalue weighted by molar-refractivity contribution is 6.34. The minimum atomic E-state index is -0.0355. The lowest BCUT2D eigenvalue weighted by atomic mass is 10.2. The average molecular weight is 301 g/mol. The number of aromatic nitrogens is 3. The van der Waals surface area contributed by atoms with Gasteiger partial charge in [-0.1, -0.05) is 23.2 Å². The summed E-state index contributed by atoms with van der Waals surface area (Å²) in [5.74, 6) is 0.239. The molecular formula is C10H4Cl3N5. The molecule has 0 radical (unpaired) electrons. The first-order valence-electron chi connectivity index (χ1n) is 4.62. The van der Waals surface area contributed by atoms with Gasteiger partial charge in [0, 0.05) is 0 Å². The van der Waals surface area contributed by atoms with Gasteiger partial charge in [-0.25, -0.2) is 0 Å². The molecule has 0 spiro atoms. The minimum absolute atomic E-state index is 0.0355. The average Bonchev–Trinajstić information content (AvgIpc) is 2.36. The van der Waals surface area contributed by atoms with E-state index in [1.165, 1.54) is 6.07 Å². The third kappa shape index (κ3) is 2.79. The maximum Gasteiger partial charge on any atom is 0.245 e. The van der Waals surface area contributed by atoms with Crippen molar-refractivity contribution in [2.75, 3.05) is 5.32 Å². The van der Waals surface area contributed by atoms with Crippen LogP contribution in [-0.4, -0.2) is 15.2 Å². The molecule has 2 rings (SSSR count). The molecule has 0 amide bonds. The Labute approximate surface area is 117 Å². The molecule has 18 heavy (non-hydrogen) atoms. The molecule has 0 atom stereocenters. The number of hydrogen-bond acceptors (Lipinski definition) is 5. The van der Waals surface area contributed by atoms with Gasteiger partial charge in [0.25, 0.3) is 0 Å². The van der Waals surface area contributed by atoms with Crippen LogP contribution in [-0.2, 0) is 0 Å². The Balaban J connectivity index is 2.34. The molecule has 0 aliphatic carbocycles. The van der Waals surface area contributed by atoms with Crippen molar-refractivity contribution in [2.24, 2.45) is 0 Å². The molecule has 0 aliphatic heterocycles. The number of rotatable bonds is 2. The lowest BCUT2D eigenvalue weighted by molar-refractivity contribution is 0.975. The fraction of sp³-hybridized carbons (Fsp3) is 0. The number of nitrogens with zero attached hydrogens (tertiary/aromatic N) is 4. The summed E-state index contributed by atoms with van der Waals surface area (Å²) in [7, 11) is 0. The van der Waals surface area contributed by atoms with Crippen molar-refractivity contribution in [3.05, 3.63) is 39.2 Å². The van der Waals surface area contributed by atoms with Crippen molar-refractivity contribution in [3.8, 4) is 6.07 Å². The van der Waals surface area contributed by atoms with Gasteiger partial charge in [-0.3, -0.25) is 0 Å². The van der Waals surface area contributed by atoms with Gasteiger partial charge >= 0.3 is 0 Å². The van der Waals surface area contributed by atoms with Gasteiger partial charge < -0.3 is 5.32 Å². The van der Waals surface area contributed by atoms with E-state index in [1.807, 2.05) is 6.07 Å². The number of benzene rings is 1. The molecular weight excluding hydrogens is 297 g/mol. The lowest BCUT2D eigenvalue weighted by Crippen LogP contribution is -1.99. The van der Waals surface area contributed by atoms with Crippen molar-refractivity contribution in [1.29, 1.82) is 5.26 Å². The first kappa shape index (κ1) is 12.8. The fourth-order valence-electron chi connectivity index (χ4n) is 1.19. The Bertz CT molecular complexity index is 638. The van der Waals surface area contributed by atoms with Crippen LogP contribution in [0.2, 0.25) is 15.5 Å². The third-order valence-corrected chi connectivity index (χ3v) is 2.70. The van der Waals surface area contributed by atoms with E-state index in [2.05, 4.69) is 20.5 Å². The van der Waals surface area contributed by atoms with E-state index in [-0.39, 0.29) is 16.3 Å². The molecule has 5 nitrogen and oxygen atoms in total. The molecule has 0 aliphatic rings. The highest BCUT2D eigenvalue weighted by atomic mass is 35.5. The standard InChI is InChI=1S/C10H4Cl3N5/c11-6-3-5(4-14)1-2-7(6)15-9-8(12)17-18-10(13)16-9/h1-3H,(H,15,16,18). The second-order valence-electron chi connectivity index (χ2n) is 3.15. The minimum Gasteiger partial charge on any atom is -0.336 e. The Hall–Kier alpha value is -1.61. The van der Waals surface area contributed by atoms with Gasteiger partial charge in [-0.05, 0) is 29.8 Å².